The number of halogens is 8. The average molecular weight is 312 g/mol. The molecule has 1 rings (SSSR count). The summed E-state index contributed by atoms with van der Waals surface area (Å²) in [5.41, 5.74) is 2.41. The highest BCUT2D eigenvalue weighted by molar-refractivity contribution is 5.85. The summed E-state index contributed by atoms with van der Waals surface area (Å²) in [5.74, 6) is -1.64. The molecule has 0 amide bonds. The second-order valence-corrected chi connectivity index (χ2v) is 3.63. The Labute approximate surface area is 110 Å². The van der Waals surface area contributed by atoms with Crippen molar-refractivity contribution in [3.8, 4) is 0 Å². The van der Waals surface area contributed by atoms with E-state index in [2.05, 4.69) is 0 Å². The molecule has 0 saturated carbocycles. The van der Waals surface area contributed by atoms with Crippen LogP contribution in [0.25, 0.3) is 0 Å². The minimum Gasteiger partial charge on any atom is -0.324 e. The highest BCUT2D eigenvalue weighted by Gasteiger charge is 2.40. The van der Waals surface area contributed by atoms with E-state index in [4.69, 9.17) is 5.73 Å². The van der Waals surface area contributed by atoms with E-state index in [0.717, 1.165) is 12.1 Å². The number of benzene rings is 1. The SMILES string of the molecule is Cl.N[C@H](CC(F)(F)F)c1cccc(F)c1C(F)(F)F. The summed E-state index contributed by atoms with van der Waals surface area (Å²) in [4.78, 5) is 0. The van der Waals surface area contributed by atoms with Gasteiger partial charge in [0.2, 0.25) is 0 Å². The molecule has 0 saturated heterocycles. The molecule has 0 aromatic heterocycles. The molecule has 1 aromatic carbocycles. The molecule has 0 spiro atoms. The van der Waals surface area contributed by atoms with Gasteiger partial charge in [-0.15, -0.1) is 12.4 Å². The number of rotatable bonds is 2. The molecule has 0 fully saturated rings. The fourth-order valence-electron chi connectivity index (χ4n) is 1.51. The minimum absolute atomic E-state index is 0. The van der Waals surface area contributed by atoms with Crippen LogP contribution < -0.4 is 5.73 Å². The number of hydrogen-bond acceptors (Lipinski definition) is 1. The van der Waals surface area contributed by atoms with Crippen LogP contribution >= 0.6 is 12.4 Å². The van der Waals surface area contributed by atoms with Crippen LogP contribution in [0.1, 0.15) is 23.6 Å². The lowest BCUT2D eigenvalue weighted by atomic mass is 9.97. The van der Waals surface area contributed by atoms with Crippen molar-refractivity contribution in [2.75, 3.05) is 0 Å². The standard InChI is InChI=1S/C10H8F7N.ClH/c11-6-3-1-2-5(8(6)10(15,16)17)7(18)4-9(12,13)14;/h1-3,7H,4,18H2;1H/t7-;/m1./s1. The molecular formula is C10H9ClF7N. The smallest absolute Gasteiger partial charge is 0.324 e. The summed E-state index contributed by atoms with van der Waals surface area (Å²) < 4.78 is 86.9. The van der Waals surface area contributed by atoms with Crippen molar-refractivity contribution in [3.63, 3.8) is 0 Å². The fourth-order valence-corrected chi connectivity index (χ4v) is 1.51. The first-order chi connectivity index (χ1) is 8.02. The van der Waals surface area contributed by atoms with E-state index < -0.39 is 41.8 Å². The first-order valence-electron chi connectivity index (χ1n) is 4.70. The van der Waals surface area contributed by atoms with E-state index in [0.29, 0.717) is 6.07 Å². The zero-order chi connectivity index (χ0) is 14.1. The molecule has 1 atom stereocenters. The fraction of sp³-hybridized carbons (Fsp3) is 0.400. The summed E-state index contributed by atoms with van der Waals surface area (Å²) in [6, 6.07) is 0.183. The maximum Gasteiger partial charge on any atom is 0.419 e. The summed E-state index contributed by atoms with van der Waals surface area (Å²) in [7, 11) is 0. The van der Waals surface area contributed by atoms with Gasteiger partial charge in [0, 0.05) is 6.04 Å². The lowest BCUT2D eigenvalue weighted by molar-refractivity contribution is -0.146. The maximum absolute atomic E-state index is 13.1. The van der Waals surface area contributed by atoms with Crippen LogP contribution in [0.2, 0.25) is 0 Å². The van der Waals surface area contributed by atoms with E-state index in [1.54, 1.807) is 0 Å². The molecule has 0 aliphatic heterocycles. The van der Waals surface area contributed by atoms with Crippen molar-refractivity contribution in [2.45, 2.75) is 24.8 Å². The predicted molar refractivity (Wildman–Crippen MR) is 56.3 cm³/mol. The summed E-state index contributed by atoms with van der Waals surface area (Å²) in [5, 5.41) is 0. The zero-order valence-electron chi connectivity index (χ0n) is 9.15. The molecule has 0 unspecified atom stereocenters. The van der Waals surface area contributed by atoms with E-state index in [9.17, 15) is 30.7 Å². The van der Waals surface area contributed by atoms with E-state index in [1.165, 1.54) is 0 Å². The van der Waals surface area contributed by atoms with Gasteiger partial charge in [0.05, 0.1) is 12.0 Å². The molecule has 9 heteroatoms. The Hall–Kier alpha value is -1.02. The molecule has 0 radical (unpaired) electrons. The van der Waals surface area contributed by atoms with Crippen molar-refractivity contribution in [1.82, 2.24) is 0 Å². The molecule has 0 aliphatic rings. The lowest BCUT2D eigenvalue weighted by Gasteiger charge is -2.19. The van der Waals surface area contributed by atoms with Crippen LogP contribution in [-0.4, -0.2) is 6.18 Å². The summed E-state index contributed by atoms with van der Waals surface area (Å²) in [6.07, 6.45) is -11.5. The van der Waals surface area contributed by atoms with Gasteiger partial charge in [-0.25, -0.2) is 4.39 Å². The Kier molecular flexibility index (Phi) is 5.64. The first-order valence-corrected chi connectivity index (χ1v) is 4.70. The number of alkyl halides is 6. The van der Waals surface area contributed by atoms with Gasteiger partial charge in [-0.1, -0.05) is 12.1 Å². The summed E-state index contributed by atoms with van der Waals surface area (Å²) in [6.45, 7) is 0. The van der Waals surface area contributed by atoms with Crippen molar-refractivity contribution in [2.24, 2.45) is 5.73 Å². The highest BCUT2D eigenvalue weighted by atomic mass is 35.5. The maximum atomic E-state index is 13.1. The number of nitrogens with two attached hydrogens (primary N) is 1. The lowest BCUT2D eigenvalue weighted by Crippen LogP contribution is -2.24. The third-order valence-corrected chi connectivity index (χ3v) is 2.18. The minimum atomic E-state index is -5.09. The third kappa shape index (κ3) is 4.87. The van der Waals surface area contributed by atoms with Gasteiger partial charge in [0.25, 0.3) is 0 Å². The third-order valence-electron chi connectivity index (χ3n) is 2.18. The molecule has 19 heavy (non-hydrogen) atoms. The second-order valence-electron chi connectivity index (χ2n) is 3.63. The van der Waals surface area contributed by atoms with Crippen LogP contribution in [-0.2, 0) is 6.18 Å². The monoisotopic (exact) mass is 311 g/mol. The molecular weight excluding hydrogens is 303 g/mol. The number of hydrogen-bond donors (Lipinski definition) is 1. The average Bonchev–Trinajstić information content (AvgIpc) is 2.12. The normalized spacial score (nSPS) is 13.9. The van der Waals surface area contributed by atoms with Crippen molar-refractivity contribution in [1.29, 1.82) is 0 Å². The Bertz CT molecular complexity index is 427. The topological polar surface area (TPSA) is 26.0 Å². The van der Waals surface area contributed by atoms with Gasteiger partial charge in [-0.2, -0.15) is 26.3 Å². The van der Waals surface area contributed by atoms with Crippen molar-refractivity contribution < 1.29 is 30.7 Å². The molecule has 1 aromatic rings. The van der Waals surface area contributed by atoms with Crippen LogP contribution in [0.5, 0.6) is 0 Å². The quantitative estimate of drug-likeness (QED) is 0.813. The van der Waals surface area contributed by atoms with E-state index in [-0.39, 0.29) is 12.4 Å². The Morgan fingerprint density at radius 1 is 1.05 bits per heavy atom. The van der Waals surface area contributed by atoms with E-state index >= 15 is 0 Å². The molecule has 0 heterocycles. The molecule has 0 aliphatic carbocycles. The highest BCUT2D eigenvalue weighted by Crippen LogP contribution is 2.38. The van der Waals surface area contributed by atoms with Gasteiger partial charge in [-0.05, 0) is 11.6 Å². The van der Waals surface area contributed by atoms with Crippen LogP contribution in [0.15, 0.2) is 18.2 Å². The molecule has 1 nitrogen and oxygen atoms in total. The van der Waals surface area contributed by atoms with Gasteiger partial charge < -0.3 is 5.73 Å². The first kappa shape index (κ1) is 18.0. The summed E-state index contributed by atoms with van der Waals surface area (Å²) >= 11 is 0. The Morgan fingerprint density at radius 2 is 1.58 bits per heavy atom. The van der Waals surface area contributed by atoms with Crippen molar-refractivity contribution >= 4 is 12.4 Å². The Morgan fingerprint density at radius 3 is 2.00 bits per heavy atom. The largest absolute Gasteiger partial charge is 0.419 e. The van der Waals surface area contributed by atoms with Crippen LogP contribution in [0, 0.1) is 5.82 Å². The van der Waals surface area contributed by atoms with Crippen molar-refractivity contribution in [3.05, 3.63) is 35.1 Å². The molecule has 110 valence electrons. The van der Waals surface area contributed by atoms with Gasteiger partial charge in [-0.3, -0.25) is 0 Å². The van der Waals surface area contributed by atoms with E-state index in [1.807, 2.05) is 0 Å². The Balaban J connectivity index is 0.00000324. The second kappa shape index (κ2) is 5.96. The van der Waals surface area contributed by atoms with Gasteiger partial charge >= 0.3 is 12.4 Å². The van der Waals surface area contributed by atoms with Gasteiger partial charge in [0.1, 0.15) is 5.82 Å². The zero-order valence-corrected chi connectivity index (χ0v) is 9.96. The molecule has 2 N–H and O–H groups in total. The van der Waals surface area contributed by atoms with Gasteiger partial charge in [0.15, 0.2) is 0 Å². The van der Waals surface area contributed by atoms with Crippen LogP contribution in [0.3, 0.4) is 0 Å². The molecule has 0 bridgehead atoms. The van der Waals surface area contributed by atoms with Crippen LogP contribution in [0.4, 0.5) is 30.7 Å². The predicted octanol–water partition coefficient (Wildman–Crippen LogP) is 4.22.